The van der Waals surface area contributed by atoms with E-state index >= 15 is 0 Å². The summed E-state index contributed by atoms with van der Waals surface area (Å²) >= 11 is 0. The maximum absolute atomic E-state index is 12.5. The van der Waals surface area contributed by atoms with Gasteiger partial charge in [0, 0.05) is 25.7 Å². The standard InChI is InChI=1S/C13H22N2O5S/c1-3-13(11(16)17)4-5-14(9-13)12(18)15-6-7-21(19,20)8-10(15)2/h10H,3-9H2,1-2H3,(H,16,17). The lowest BCUT2D eigenvalue weighted by molar-refractivity contribution is -0.148. The van der Waals surface area contributed by atoms with Crippen LogP contribution in [0.2, 0.25) is 0 Å². The SMILES string of the molecule is CCC1(C(=O)O)CCN(C(=O)N2CCS(=O)(=O)CC2C)C1. The Morgan fingerprint density at radius 2 is 2.00 bits per heavy atom. The molecule has 2 amide bonds. The summed E-state index contributed by atoms with van der Waals surface area (Å²) in [5.41, 5.74) is -0.860. The highest BCUT2D eigenvalue weighted by atomic mass is 32.2. The molecule has 120 valence electrons. The summed E-state index contributed by atoms with van der Waals surface area (Å²) in [5, 5.41) is 9.36. The van der Waals surface area contributed by atoms with Crippen molar-refractivity contribution in [3.63, 3.8) is 0 Å². The van der Waals surface area contributed by atoms with E-state index in [0.29, 0.717) is 19.4 Å². The number of aliphatic carboxylic acids is 1. The minimum absolute atomic E-state index is 0.0191. The van der Waals surface area contributed by atoms with Gasteiger partial charge in [-0.1, -0.05) is 6.92 Å². The molecule has 0 aliphatic carbocycles. The number of carboxylic acid groups (broad SMARTS) is 1. The smallest absolute Gasteiger partial charge is 0.320 e. The molecule has 0 saturated carbocycles. The molecule has 1 N–H and O–H groups in total. The zero-order valence-electron chi connectivity index (χ0n) is 12.4. The van der Waals surface area contributed by atoms with Gasteiger partial charge in [-0.3, -0.25) is 4.79 Å². The summed E-state index contributed by atoms with van der Waals surface area (Å²) in [4.78, 5) is 27.0. The van der Waals surface area contributed by atoms with Crippen molar-refractivity contribution < 1.29 is 23.1 Å². The summed E-state index contributed by atoms with van der Waals surface area (Å²) in [6.07, 6.45) is 0.932. The van der Waals surface area contributed by atoms with E-state index in [4.69, 9.17) is 0 Å². The molecule has 0 radical (unpaired) electrons. The van der Waals surface area contributed by atoms with Crippen LogP contribution in [-0.2, 0) is 14.6 Å². The molecule has 0 aromatic rings. The Balaban J connectivity index is 2.07. The zero-order valence-corrected chi connectivity index (χ0v) is 13.2. The average molecular weight is 318 g/mol. The van der Waals surface area contributed by atoms with Crippen LogP contribution in [-0.4, -0.2) is 72.5 Å². The highest BCUT2D eigenvalue weighted by Gasteiger charge is 2.46. The van der Waals surface area contributed by atoms with Crippen molar-refractivity contribution in [1.29, 1.82) is 0 Å². The maximum atomic E-state index is 12.5. The predicted molar refractivity (Wildman–Crippen MR) is 76.8 cm³/mol. The van der Waals surface area contributed by atoms with Crippen molar-refractivity contribution in [1.82, 2.24) is 9.80 Å². The van der Waals surface area contributed by atoms with Gasteiger partial charge in [-0.05, 0) is 19.8 Å². The number of likely N-dealkylation sites (tertiary alicyclic amines) is 1. The number of hydrogen-bond donors (Lipinski definition) is 1. The Bertz CT molecular complexity index is 547. The second kappa shape index (κ2) is 5.47. The fourth-order valence-electron chi connectivity index (χ4n) is 3.11. The van der Waals surface area contributed by atoms with E-state index in [1.54, 1.807) is 16.7 Å². The topological polar surface area (TPSA) is 95.0 Å². The van der Waals surface area contributed by atoms with Gasteiger partial charge in [0.25, 0.3) is 0 Å². The Kier molecular flexibility index (Phi) is 4.19. The fourth-order valence-corrected chi connectivity index (χ4v) is 4.67. The second-order valence-corrected chi connectivity index (χ2v) is 8.28. The summed E-state index contributed by atoms with van der Waals surface area (Å²) < 4.78 is 23.1. The van der Waals surface area contributed by atoms with Crippen molar-refractivity contribution in [3.05, 3.63) is 0 Å². The van der Waals surface area contributed by atoms with Gasteiger partial charge in [-0.15, -0.1) is 0 Å². The number of carbonyl (C=O) groups excluding carboxylic acids is 1. The fraction of sp³-hybridized carbons (Fsp3) is 0.846. The molecule has 2 atom stereocenters. The Hall–Kier alpha value is -1.31. The molecule has 2 aliphatic heterocycles. The van der Waals surface area contributed by atoms with Crippen molar-refractivity contribution in [2.75, 3.05) is 31.1 Å². The Morgan fingerprint density at radius 1 is 1.33 bits per heavy atom. The number of rotatable bonds is 2. The van der Waals surface area contributed by atoms with E-state index in [1.807, 2.05) is 6.92 Å². The number of carboxylic acids is 1. The van der Waals surface area contributed by atoms with Crippen LogP contribution in [0.3, 0.4) is 0 Å². The van der Waals surface area contributed by atoms with Crippen LogP contribution >= 0.6 is 0 Å². The molecule has 8 heteroatoms. The van der Waals surface area contributed by atoms with E-state index in [1.165, 1.54) is 0 Å². The van der Waals surface area contributed by atoms with Gasteiger partial charge in [0.2, 0.25) is 0 Å². The van der Waals surface area contributed by atoms with Crippen LogP contribution < -0.4 is 0 Å². The van der Waals surface area contributed by atoms with Crippen molar-refractivity contribution in [2.24, 2.45) is 5.41 Å². The van der Waals surface area contributed by atoms with Crippen molar-refractivity contribution in [2.45, 2.75) is 32.7 Å². The van der Waals surface area contributed by atoms with Gasteiger partial charge in [-0.25, -0.2) is 13.2 Å². The van der Waals surface area contributed by atoms with Gasteiger partial charge in [0.1, 0.15) is 0 Å². The minimum Gasteiger partial charge on any atom is -0.481 e. The largest absolute Gasteiger partial charge is 0.481 e. The Morgan fingerprint density at radius 3 is 2.48 bits per heavy atom. The molecule has 0 spiro atoms. The van der Waals surface area contributed by atoms with E-state index in [2.05, 4.69) is 0 Å². The molecular formula is C13H22N2O5S. The summed E-state index contributed by atoms with van der Waals surface area (Å²) in [6.45, 7) is 4.33. The van der Waals surface area contributed by atoms with Crippen LogP contribution in [0.25, 0.3) is 0 Å². The number of hydrogen-bond acceptors (Lipinski definition) is 4. The number of amides is 2. The molecular weight excluding hydrogens is 296 g/mol. The lowest BCUT2D eigenvalue weighted by atomic mass is 9.84. The molecule has 21 heavy (non-hydrogen) atoms. The molecule has 2 aliphatic rings. The van der Waals surface area contributed by atoms with E-state index in [9.17, 15) is 23.1 Å². The molecule has 0 bridgehead atoms. The first kappa shape index (κ1) is 16.1. The molecule has 7 nitrogen and oxygen atoms in total. The first-order valence-electron chi connectivity index (χ1n) is 7.20. The first-order valence-corrected chi connectivity index (χ1v) is 9.02. The molecule has 2 rings (SSSR count). The summed E-state index contributed by atoms with van der Waals surface area (Å²) in [7, 11) is -3.07. The predicted octanol–water partition coefficient (Wildman–Crippen LogP) is 0.412. The highest BCUT2D eigenvalue weighted by molar-refractivity contribution is 7.91. The molecule has 2 fully saturated rings. The van der Waals surface area contributed by atoms with Gasteiger partial charge in [-0.2, -0.15) is 0 Å². The molecule has 2 heterocycles. The van der Waals surface area contributed by atoms with Gasteiger partial charge >= 0.3 is 12.0 Å². The lowest BCUT2D eigenvalue weighted by Crippen LogP contribution is -2.54. The van der Waals surface area contributed by atoms with Crippen molar-refractivity contribution >= 4 is 21.8 Å². The maximum Gasteiger partial charge on any atom is 0.320 e. The van der Waals surface area contributed by atoms with Gasteiger partial charge in [0.05, 0.1) is 16.9 Å². The van der Waals surface area contributed by atoms with E-state index < -0.39 is 21.2 Å². The third kappa shape index (κ3) is 3.00. The van der Waals surface area contributed by atoms with Crippen LogP contribution in [0.1, 0.15) is 26.7 Å². The number of carbonyl (C=O) groups is 2. The molecule has 0 aromatic carbocycles. The molecule has 2 unspecified atom stereocenters. The normalized spacial score (nSPS) is 32.2. The molecule has 2 saturated heterocycles. The quantitative estimate of drug-likeness (QED) is 0.796. The number of sulfone groups is 1. The number of urea groups is 1. The second-order valence-electron chi connectivity index (χ2n) is 6.05. The van der Waals surface area contributed by atoms with Crippen LogP contribution in [0.4, 0.5) is 4.79 Å². The average Bonchev–Trinajstić information content (AvgIpc) is 2.82. The third-order valence-corrected chi connectivity index (χ3v) is 6.47. The van der Waals surface area contributed by atoms with Crippen molar-refractivity contribution in [3.8, 4) is 0 Å². The van der Waals surface area contributed by atoms with E-state index in [0.717, 1.165) is 0 Å². The van der Waals surface area contributed by atoms with Crippen LogP contribution in [0.5, 0.6) is 0 Å². The lowest BCUT2D eigenvalue weighted by Gasteiger charge is -2.36. The summed E-state index contributed by atoms with van der Waals surface area (Å²) in [5.74, 6) is -0.909. The number of nitrogens with zero attached hydrogens (tertiary/aromatic N) is 2. The third-order valence-electron chi connectivity index (χ3n) is 4.67. The van der Waals surface area contributed by atoms with Gasteiger partial charge < -0.3 is 14.9 Å². The Labute approximate surface area is 124 Å². The minimum atomic E-state index is -3.07. The first-order chi connectivity index (χ1) is 9.71. The zero-order chi connectivity index (χ0) is 15.8. The molecule has 0 aromatic heterocycles. The summed E-state index contributed by atoms with van der Waals surface area (Å²) in [6, 6.07) is -0.605. The van der Waals surface area contributed by atoms with Crippen LogP contribution in [0, 0.1) is 5.41 Å². The van der Waals surface area contributed by atoms with Gasteiger partial charge in [0.15, 0.2) is 9.84 Å². The highest BCUT2D eigenvalue weighted by Crippen LogP contribution is 2.35. The van der Waals surface area contributed by atoms with Crippen LogP contribution in [0.15, 0.2) is 0 Å². The van der Waals surface area contributed by atoms with E-state index in [-0.39, 0.29) is 36.7 Å². The monoisotopic (exact) mass is 318 g/mol.